The molecule has 1 saturated heterocycles. The van der Waals surface area contributed by atoms with Gasteiger partial charge >= 0.3 is 6.03 Å². The Morgan fingerprint density at radius 2 is 1.76 bits per heavy atom. The lowest BCUT2D eigenvalue weighted by Crippen LogP contribution is -2.37. The number of ether oxygens (including phenoxy) is 1. The number of para-hydroxylation sites is 1. The van der Waals surface area contributed by atoms with E-state index in [9.17, 15) is 14.4 Å². The highest BCUT2D eigenvalue weighted by Gasteiger charge is 2.29. The molecule has 0 saturated carbocycles. The minimum absolute atomic E-state index is 0.0454. The van der Waals surface area contributed by atoms with E-state index in [1.54, 1.807) is 18.2 Å². The van der Waals surface area contributed by atoms with Gasteiger partial charge < -0.3 is 20.3 Å². The molecule has 4 rings (SSSR count). The molecule has 1 heterocycles. The number of benzene rings is 3. The third-order valence-corrected chi connectivity index (χ3v) is 6.86. The molecule has 1 aliphatic heterocycles. The summed E-state index contributed by atoms with van der Waals surface area (Å²) in [7, 11) is 1.53. The molecule has 8 heteroatoms. The molecule has 1 aliphatic rings. The lowest BCUT2D eigenvalue weighted by molar-refractivity contribution is -0.131. The SMILES string of the molecule is COc1cc(CC(=O)N2CCCC2Cc2cccc(C(=O)S)c2)ccc1NC(=O)Nc1ccccc1C. The molecule has 0 spiro atoms. The van der Waals surface area contributed by atoms with Gasteiger partial charge in [-0.2, -0.15) is 0 Å². The number of hydrogen-bond donors (Lipinski definition) is 3. The third-order valence-electron chi connectivity index (χ3n) is 6.61. The van der Waals surface area contributed by atoms with Gasteiger partial charge in [-0.05, 0) is 67.1 Å². The lowest BCUT2D eigenvalue weighted by atomic mass is 10.0. The van der Waals surface area contributed by atoms with Gasteiger partial charge in [-0.3, -0.25) is 9.59 Å². The first-order valence-corrected chi connectivity index (χ1v) is 12.7. The van der Waals surface area contributed by atoms with Crippen LogP contribution < -0.4 is 15.4 Å². The number of carbonyl (C=O) groups excluding carboxylic acids is 3. The smallest absolute Gasteiger partial charge is 0.323 e. The summed E-state index contributed by atoms with van der Waals surface area (Å²) in [6.07, 6.45) is 2.80. The molecule has 192 valence electrons. The molecule has 0 aromatic heterocycles. The lowest BCUT2D eigenvalue weighted by Gasteiger charge is -2.25. The number of nitrogens with one attached hydrogen (secondary N) is 2. The molecule has 2 N–H and O–H groups in total. The highest BCUT2D eigenvalue weighted by atomic mass is 32.1. The van der Waals surface area contributed by atoms with E-state index in [1.165, 1.54) is 7.11 Å². The maximum absolute atomic E-state index is 13.2. The zero-order valence-corrected chi connectivity index (χ0v) is 21.9. The highest BCUT2D eigenvalue weighted by Crippen LogP contribution is 2.28. The normalized spacial score (nSPS) is 14.8. The van der Waals surface area contributed by atoms with E-state index in [-0.39, 0.29) is 29.5 Å². The van der Waals surface area contributed by atoms with Crippen LogP contribution in [0.1, 0.15) is 39.9 Å². The first-order chi connectivity index (χ1) is 17.8. The molecule has 0 aliphatic carbocycles. The summed E-state index contributed by atoms with van der Waals surface area (Å²) in [6.45, 7) is 2.64. The average Bonchev–Trinajstić information content (AvgIpc) is 3.34. The number of carbonyl (C=O) groups is 3. The van der Waals surface area contributed by atoms with Crippen LogP contribution in [0.4, 0.5) is 16.2 Å². The minimum atomic E-state index is -0.375. The number of hydrogen-bond acceptors (Lipinski definition) is 4. The second-order valence-corrected chi connectivity index (χ2v) is 9.60. The summed E-state index contributed by atoms with van der Waals surface area (Å²) in [5.41, 5.74) is 4.59. The van der Waals surface area contributed by atoms with Crippen LogP contribution in [0.3, 0.4) is 0 Å². The molecular weight excluding hydrogens is 486 g/mol. The Balaban J connectivity index is 1.40. The van der Waals surface area contributed by atoms with Gasteiger partial charge in [-0.1, -0.05) is 42.5 Å². The Morgan fingerprint density at radius 1 is 0.973 bits per heavy atom. The van der Waals surface area contributed by atoms with Crippen molar-refractivity contribution in [2.24, 2.45) is 0 Å². The molecule has 0 radical (unpaired) electrons. The van der Waals surface area contributed by atoms with E-state index >= 15 is 0 Å². The fourth-order valence-corrected chi connectivity index (χ4v) is 4.83. The molecule has 0 bridgehead atoms. The van der Waals surface area contributed by atoms with Crippen molar-refractivity contribution in [1.82, 2.24) is 4.90 Å². The van der Waals surface area contributed by atoms with Gasteiger partial charge in [0.25, 0.3) is 0 Å². The monoisotopic (exact) mass is 517 g/mol. The highest BCUT2D eigenvalue weighted by molar-refractivity contribution is 7.97. The topological polar surface area (TPSA) is 87.7 Å². The zero-order valence-electron chi connectivity index (χ0n) is 21.0. The third kappa shape index (κ3) is 6.71. The molecular formula is C29H31N3O4S. The number of rotatable bonds is 8. The van der Waals surface area contributed by atoms with Crippen LogP contribution in [0.15, 0.2) is 66.7 Å². The summed E-state index contributed by atoms with van der Waals surface area (Å²) in [5.74, 6) is 0.528. The molecule has 1 unspecified atom stereocenters. The number of likely N-dealkylation sites (tertiary alicyclic amines) is 1. The quantitative estimate of drug-likeness (QED) is 0.345. The first kappa shape index (κ1) is 26.3. The number of nitrogens with zero attached hydrogens (tertiary/aromatic N) is 1. The second kappa shape index (κ2) is 12.0. The van der Waals surface area contributed by atoms with E-state index in [0.29, 0.717) is 30.0 Å². The van der Waals surface area contributed by atoms with Crippen molar-refractivity contribution in [3.8, 4) is 5.75 Å². The average molecular weight is 518 g/mol. The largest absolute Gasteiger partial charge is 0.495 e. The number of aryl methyl sites for hydroxylation is 1. The van der Waals surface area contributed by atoms with E-state index in [1.807, 2.05) is 60.4 Å². The van der Waals surface area contributed by atoms with Crippen molar-refractivity contribution >= 4 is 41.1 Å². The fraction of sp³-hybridized carbons (Fsp3) is 0.276. The molecule has 7 nitrogen and oxygen atoms in total. The Kier molecular flexibility index (Phi) is 8.50. The number of methoxy groups -OCH3 is 1. The number of anilines is 2. The maximum atomic E-state index is 13.2. The Morgan fingerprint density at radius 3 is 2.51 bits per heavy atom. The molecule has 1 fully saturated rings. The van der Waals surface area contributed by atoms with Crippen LogP contribution in [-0.4, -0.2) is 41.6 Å². The van der Waals surface area contributed by atoms with E-state index in [4.69, 9.17) is 4.74 Å². The number of amides is 3. The van der Waals surface area contributed by atoms with Crippen LogP contribution in [0.2, 0.25) is 0 Å². The predicted octanol–water partition coefficient (Wildman–Crippen LogP) is 5.49. The van der Waals surface area contributed by atoms with E-state index in [2.05, 4.69) is 23.3 Å². The van der Waals surface area contributed by atoms with E-state index < -0.39 is 0 Å². The molecule has 3 aromatic rings. The van der Waals surface area contributed by atoms with Crippen molar-refractivity contribution in [2.75, 3.05) is 24.3 Å². The predicted molar refractivity (Wildman–Crippen MR) is 149 cm³/mol. The summed E-state index contributed by atoms with van der Waals surface area (Å²) in [4.78, 5) is 39.3. The first-order valence-electron chi connectivity index (χ1n) is 12.3. The molecule has 1 atom stereocenters. The zero-order chi connectivity index (χ0) is 26.4. The summed E-state index contributed by atoms with van der Waals surface area (Å²) in [6, 6.07) is 20.0. The summed E-state index contributed by atoms with van der Waals surface area (Å²) < 4.78 is 5.50. The standard InChI is InChI=1S/C29H31N3O4S/c1-19-7-3-4-11-24(19)30-29(35)31-25-13-12-21(17-26(25)36-2)18-27(33)32-14-6-10-23(32)16-20-8-5-9-22(15-20)28(34)37/h3-5,7-9,11-13,15,17,23H,6,10,14,16,18H2,1-2H3,(H,34,37)(H2,30,31,35). The van der Waals surface area contributed by atoms with Crippen molar-refractivity contribution in [2.45, 2.75) is 38.6 Å². The Labute approximate surface area is 222 Å². The van der Waals surface area contributed by atoms with Gasteiger partial charge in [0.15, 0.2) is 0 Å². The van der Waals surface area contributed by atoms with Gasteiger partial charge in [-0.15, -0.1) is 12.6 Å². The van der Waals surface area contributed by atoms with Gasteiger partial charge in [0.1, 0.15) is 5.75 Å². The van der Waals surface area contributed by atoms with Crippen LogP contribution in [-0.2, 0) is 17.6 Å². The fourth-order valence-electron chi connectivity index (χ4n) is 4.69. The van der Waals surface area contributed by atoms with E-state index in [0.717, 1.165) is 35.2 Å². The van der Waals surface area contributed by atoms with Gasteiger partial charge in [-0.25, -0.2) is 4.79 Å². The molecule has 3 amide bonds. The van der Waals surface area contributed by atoms with Crippen LogP contribution in [0.25, 0.3) is 0 Å². The van der Waals surface area contributed by atoms with Crippen molar-refractivity contribution in [3.05, 3.63) is 89.0 Å². The van der Waals surface area contributed by atoms with Gasteiger partial charge in [0.2, 0.25) is 11.0 Å². The summed E-state index contributed by atoms with van der Waals surface area (Å²) >= 11 is 3.92. The van der Waals surface area contributed by atoms with Gasteiger partial charge in [0.05, 0.1) is 19.2 Å². The van der Waals surface area contributed by atoms with Crippen LogP contribution >= 0.6 is 12.6 Å². The van der Waals surface area contributed by atoms with Crippen molar-refractivity contribution in [3.63, 3.8) is 0 Å². The van der Waals surface area contributed by atoms with Crippen molar-refractivity contribution < 1.29 is 19.1 Å². The summed E-state index contributed by atoms with van der Waals surface area (Å²) in [5, 5.41) is 5.40. The second-order valence-electron chi connectivity index (χ2n) is 9.20. The molecule has 37 heavy (non-hydrogen) atoms. The minimum Gasteiger partial charge on any atom is -0.495 e. The van der Waals surface area contributed by atoms with Gasteiger partial charge in [0, 0.05) is 23.8 Å². The maximum Gasteiger partial charge on any atom is 0.323 e. The molecule has 3 aromatic carbocycles. The Hall–Kier alpha value is -3.78. The van der Waals surface area contributed by atoms with Crippen LogP contribution in [0.5, 0.6) is 5.75 Å². The Bertz CT molecular complexity index is 1310. The number of urea groups is 1. The number of thiol groups is 1. The van der Waals surface area contributed by atoms with Crippen LogP contribution in [0, 0.1) is 6.92 Å². The van der Waals surface area contributed by atoms with Crippen molar-refractivity contribution in [1.29, 1.82) is 0 Å².